The van der Waals surface area contributed by atoms with Crippen molar-refractivity contribution in [2.24, 2.45) is 5.92 Å². The molecular weight excluding hydrogens is 322 g/mol. The fourth-order valence-corrected chi connectivity index (χ4v) is 3.76. The van der Waals surface area contributed by atoms with E-state index in [1.54, 1.807) is 0 Å². The Labute approximate surface area is 149 Å². The Balaban J connectivity index is 1.83. The van der Waals surface area contributed by atoms with Gasteiger partial charge in [-0.3, -0.25) is 10.2 Å². The maximum atomic E-state index is 12.1. The van der Waals surface area contributed by atoms with Gasteiger partial charge in [0.25, 0.3) is 0 Å². The SMILES string of the molecule is CC[C@H]1CCCN(C(C)(C)CNC(=O)Nc2nnc(C(C)C)s2)C1. The Bertz CT molecular complexity index is 543. The molecule has 1 aliphatic rings. The molecule has 0 spiro atoms. The van der Waals surface area contributed by atoms with Gasteiger partial charge in [0, 0.05) is 24.5 Å². The molecule has 0 saturated carbocycles. The van der Waals surface area contributed by atoms with Crippen molar-refractivity contribution in [1.29, 1.82) is 0 Å². The number of hydrogen-bond donors (Lipinski definition) is 2. The minimum absolute atomic E-state index is 0.0462. The first-order valence-corrected chi connectivity index (χ1v) is 9.76. The van der Waals surface area contributed by atoms with Crippen LogP contribution in [-0.4, -0.2) is 46.3 Å². The standard InChI is InChI=1S/C17H31N5OS/c1-6-13-8-7-9-22(10-13)17(4,5)11-18-15(23)19-16-21-20-14(24-16)12(2)3/h12-13H,6-11H2,1-5H3,(H2,18,19,21,23)/t13-/m0/s1. The lowest BCUT2D eigenvalue weighted by molar-refractivity contribution is 0.0669. The number of urea groups is 1. The van der Waals surface area contributed by atoms with Crippen molar-refractivity contribution in [2.45, 2.75) is 65.3 Å². The minimum Gasteiger partial charge on any atom is -0.336 e. The summed E-state index contributed by atoms with van der Waals surface area (Å²) in [7, 11) is 0. The average Bonchev–Trinajstić information content (AvgIpc) is 3.02. The second-order valence-corrected chi connectivity index (χ2v) is 8.59. The first kappa shape index (κ1) is 19.1. The first-order valence-electron chi connectivity index (χ1n) is 8.95. The third kappa shape index (κ3) is 5.14. The number of hydrogen-bond acceptors (Lipinski definition) is 5. The number of amides is 2. The Morgan fingerprint density at radius 3 is 2.79 bits per heavy atom. The number of nitrogens with zero attached hydrogens (tertiary/aromatic N) is 3. The molecule has 24 heavy (non-hydrogen) atoms. The van der Waals surface area contributed by atoms with E-state index < -0.39 is 0 Å². The third-order valence-electron chi connectivity index (χ3n) is 4.79. The number of likely N-dealkylation sites (tertiary alicyclic amines) is 1. The molecule has 2 heterocycles. The molecule has 1 atom stereocenters. The molecule has 0 bridgehead atoms. The van der Waals surface area contributed by atoms with Crippen LogP contribution in [0.25, 0.3) is 0 Å². The van der Waals surface area contributed by atoms with E-state index in [9.17, 15) is 4.79 Å². The summed E-state index contributed by atoms with van der Waals surface area (Å²) in [4.78, 5) is 14.6. The zero-order valence-corrected chi connectivity index (χ0v) is 16.4. The number of anilines is 1. The van der Waals surface area contributed by atoms with Crippen molar-refractivity contribution in [3.8, 4) is 0 Å². The van der Waals surface area contributed by atoms with Crippen molar-refractivity contribution in [3.63, 3.8) is 0 Å². The Hall–Kier alpha value is -1.21. The maximum Gasteiger partial charge on any atom is 0.321 e. The fraction of sp³-hybridized carbons (Fsp3) is 0.824. The van der Waals surface area contributed by atoms with Crippen LogP contribution < -0.4 is 10.6 Å². The van der Waals surface area contributed by atoms with E-state index in [-0.39, 0.29) is 11.6 Å². The summed E-state index contributed by atoms with van der Waals surface area (Å²) in [5, 5.41) is 15.4. The van der Waals surface area contributed by atoms with E-state index in [0.29, 0.717) is 17.6 Å². The van der Waals surface area contributed by atoms with Gasteiger partial charge in [0.1, 0.15) is 5.01 Å². The van der Waals surface area contributed by atoms with Gasteiger partial charge < -0.3 is 5.32 Å². The molecular formula is C17H31N5OS. The molecule has 1 aromatic rings. The van der Waals surface area contributed by atoms with Crippen LogP contribution in [0.2, 0.25) is 0 Å². The summed E-state index contributed by atoms with van der Waals surface area (Å²) in [6.07, 6.45) is 3.80. The van der Waals surface area contributed by atoms with Crippen LogP contribution >= 0.6 is 11.3 Å². The van der Waals surface area contributed by atoms with Gasteiger partial charge in [0.15, 0.2) is 0 Å². The van der Waals surface area contributed by atoms with E-state index >= 15 is 0 Å². The summed E-state index contributed by atoms with van der Waals surface area (Å²) in [5.74, 6) is 1.10. The van der Waals surface area contributed by atoms with Gasteiger partial charge in [-0.1, -0.05) is 38.5 Å². The van der Waals surface area contributed by atoms with E-state index in [0.717, 1.165) is 24.0 Å². The maximum absolute atomic E-state index is 12.1. The first-order chi connectivity index (χ1) is 11.3. The van der Waals surface area contributed by atoms with Gasteiger partial charge in [0.2, 0.25) is 5.13 Å². The molecule has 2 amide bonds. The normalized spacial score (nSPS) is 19.5. The number of piperidine rings is 1. The summed E-state index contributed by atoms with van der Waals surface area (Å²) in [6.45, 7) is 13.7. The highest BCUT2D eigenvalue weighted by molar-refractivity contribution is 7.15. The molecule has 136 valence electrons. The molecule has 1 saturated heterocycles. The van der Waals surface area contributed by atoms with Crippen molar-refractivity contribution in [3.05, 3.63) is 5.01 Å². The Morgan fingerprint density at radius 2 is 2.17 bits per heavy atom. The van der Waals surface area contributed by atoms with Gasteiger partial charge in [-0.05, 0) is 39.2 Å². The van der Waals surface area contributed by atoms with Crippen LogP contribution in [0.5, 0.6) is 0 Å². The van der Waals surface area contributed by atoms with E-state index in [1.807, 2.05) is 0 Å². The summed E-state index contributed by atoms with van der Waals surface area (Å²) < 4.78 is 0. The highest BCUT2D eigenvalue weighted by Crippen LogP contribution is 2.25. The monoisotopic (exact) mass is 353 g/mol. The molecule has 6 nitrogen and oxygen atoms in total. The van der Waals surface area contributed by atoms with Crippen LogP contribution in [0.4, 0.5) is 9.93 Å². The Morgan fingerprint density at radius 1 is 1.42 bits per heavy atom. The molecule has 0 radical (unpaired) electrons. The molecule has 2 rings (SSSR count). The largest absolute Gasteiger partial charge is 0.336 e. The molecule has 1 fully saturated rings. The number of nitrogens with one attached hydrogen (secondary N) is 2. The van der Waals surface area contributed by atoms with Crippen molar-refractivity contribution < 1.29 is 4.79 Å². The summed E-state index contributed by atoms with van der Waals surface area (Å²) in [5.41, 5.74) is -0.0462. The molecule has 0 unspecified atom stereocenters. The zero-order chi connectivity index (χ0) is 17.7. The van der Waals surface area contributed by atoms with Crippen molar-refractivity contribution >= 4 is 22.5 Å². The van der Waals surface area contributed by atoms with Gasteiger partial charge in [-0.15, -0.1) is 10.2 Å². The van der Waals surface area contributed by atoms with Crippen molar-refractivity contribution in [2.75, 3.05) is 25.0 Å². The summed E-state index contributed by atoms with van der Waals surface area (Å²) in [6, 6.07) is -0.210. The van der Waals surface area contributed by atoms with Crippen LogP contribution in [0.1, 0.15) is 64.8 Å². The van der Waals surface area contributed by atoms with Crippen LogP contribution in [0.3, 0.4) is 0 Å². The number of carbonyl (C=O) groups is 1. The second-order valence-electron chi connectivity index (χ2n) is 7.58. The van der Waals surface area contributed by atoms with Gasteiger partial charge in [-0.2, -0.15) is 0 Å². The number of aromatic nitrogens is 2. The van der Waals surface area contributed by atoms with Crippen LogP contribution in [0.15, 0.2) is 0 Å². The quantitative estimate of drug-likeness (QED) is 0.818. The molecule has 1 aromatic heterocycles. The zero-order valence-electron chi connectivity index (χ0n) is 15.6. The third-order valence-corrected chi connectivity index (χ3v) is 5.93. The lowest BCUT2D eigenvalue weighted by Gasteiger charge is -2.43. The molecule has 7 heteroatoms. The van der Waals surface area contributed by atoms with Gasteiger partial charge in [0.05, 0.1) is 0 Å². The molecule has 2 N–H and O–H groups in total. The molecule has 0 aliphatic carbocycles. The lowest BCUT2D eigenvalue weighted by Crippen LogP contribution is -2.55. The molecule has 1 aliphatic heterocycles. The average molecular weight is 354 g/mol. The summed E-state index contributed by atoms with van der Waals surface area (Å²) >= 11 is 1.43. The van der Waals surface area contributed by atoms with Crippen LogP contribution in [0, 0.1) is 5.92 Å². The number of rotatable bonds is 6. The highest BCUT2D eigenvalue weighted by atomic mass is 32.1. The predicted molar refractivity (Wildman–Crippen MR) is 99.7 cm³/mol. The fourth-order valence-electron chi connectivity index (χ4n) is 3.02. The topological polar surface area (TPSA) is 70.2 Å². The van der Waals surface area contributed by atoms with Crippen LogP contribution in [-0.2, 0) is 0 Å². The minimum atomic E-state index is -0.210. The van der Waals surface area contributed by atoms with E-state index in [1.165, 1.54) is 30.6 Å². The lowest BCUT2D eigenvalue weighted by atomic mass is 9.91. The smallest absolute Gasteiger partial charge is 0.321 e. The molecule has 0 aromatic carbocycles. The number of carbonyl (C=O) groups excluding carboxylic acids is 1. The Kier molecular flexibility index (Phi) is 6.57. The van der Waals surface area contributed by atoms with Gasteiger partial charge >= 0.3 is 6.03 Å². The second kappa shape index (κ2) is 8.25. The van der Waals surface area contributed by atoms with E-state index in [2.05, 4.69) is 60.3 Å². The van der Waals surface area contributed by atoms with Crippen molar-refractivity contribution in [1.82, 2.24) is 20.4 Å². The van der Waals surface area contributed by atoms with E-state index in [4.69, 9.17) is 0 Å². The predicted octanol–water partition coefficient (Wildman–Crippen LogP) is 3.68. The highest BCUT2D eigenvalue weighted by Gasteiger charge is 2.31. The van der Waals surface area contributed by atoms with Gasteiger partial charge in [-0.25, -0.2) is 4.79 Å².